The van der Waals surface area contributed by atoms with Crippen molar-refractivity contribution in [2.45, 2.75) is 32.3 Å². The van der Waals surface area contributed by atoms with E-state index in [9.17, 15) is 9.59 Å². The van der Waals surface area contributed by atoms with E-state index in [0.29, 0.717) is 17.1 Å². The van der Waals surface area contributed by atoms with Crippen LogP contribution in [0.3, 0.4) is 0 Å². The minimum absolute atomic E-state index is 0.148. The number of esters is 1. The molecule has 21 heavy (non-hydrogen) atoms. The first kappa shape index (κ1) is 15.6. The molecule has 5 heteroatoms. The minimum atomic E-state index is -0.848. The molecule has 0 bridgehead atoms. The van der Waals surface area contributed by atoms with Gasteiger partial charge in [-0.1, -0.05) is 35.9 Å². The van der Waals surface area contributed by atoms with Gasteiger partial charge in [-0.25, -0.2) is 0 Å². The zero-order chi connectivity index (χ0) is 15.2. The third-order valence-electron chi connectivity index (χ3n) is 3.40. The van der Waals surface area contributed by atoms with Gasteiger partial charge in [0, 0.05) is 0 Å². The highest BCUT2D eigenvalue weighted by Gasteiger charge is 2.25. The minimum Gasteiger partial charge on any atom is -0.452 e. The lowest BCUT2D eigenvalue weighted by Gasteiger charge is -2.19. The third kappa shape index (κ3) is 4.33. The Bertz CT molecular complexity index is 556. The average Bonchev–Trinajstić information content (AvgIpc) is 2.50. The molecule has 0 unspecified atom stereocenters. The number of hydrogen-bond acceptors (Lipinski definition) is 3. The predicted octanol–water partition coefficient (Wildman–Crippen LogP) is 3.57. The molecule has 0 saturated heterocycles. The number of carbonyl (C=O) groups excluding carboxylic acids is 2. The molecule has 112 valence electrons. The van der Waals surface area contributed by atoms with Crippen molar-refractivity contribution in [3.8, 4) is 0 Å². The normalized spacial score (nSPS) is 18.9. The van der Waals surface area contributed by atoms with Crippen LogP contribution in [-0.4, -0.2) is 18.0 Å². The summed E-state index contributed by atoms with van der Waals surface area (Å²) in [6, 6.07) is 6.92. The van der Waals surface area contributed by atoms with Crippen LogP contribution >= 0.6 is 11.6 Å². The molecule has 0 aromatic heterocycles. The lowest BCUT2D eigenvalue weighted by Crippen LogP contribution is -2.32. The number of amides is 1. The number of halogens is 1. The number of rotatable bonds is 4. The molecule has 1 aliphatic rings. The molecule has 1 amide bonds. The number of benzene rings is 1. The summed E-state index contributed by atoms with van der Waals surface area (Å²) in [7, 11) is 0. The van der Waals surface area contributed by atoms with E-state index in [2.05, 4.69) is 11.4 Å². The standard InChI is InChI=1S/C16H18ClNO3/c1-11(21-16(20)12-7-3-2-4-8-12)15(19)18-14-10-6-5-9-13(14)17/h2-3,5-6,9-12H,4,7-8H2,1H3,(H,18,19)/t11-,12+/m1/s1. The quantitative estimate of drug-likeness (QED) is 0.683. The second-order valence-corrected chi connectivity index (χ2v) is 5.44. The molecule has 0 fully saturated rings. The van der Waals surface area contributed by atoms with E-state index >= 15 is 0 Å². The number of allylic oxidation sites excluding steroid dienone is 2. The fourth-order valence-electron chi connectivity index (χ4n) is 2.13. The summed E-state index contributed by atoms with van der Waals surface area (Å²) in [6.45, 7) is 1.56. The van der Waals surface area contributed by atoms with Crippen LogP contribution in [0.5, 0.6) is 0 Å². The van der Waals surface area contributed by atoms with E-state index in [-0.39, 0.29) is 17.8 Å². The van der Waals surface area contributed by atoms with Crippen molar-refractivity contribution in [3.63, 3.8) is 0 Å². The Morgan fingerprint density at radius 2 is 2.10 bits per heavy atom. The van der Waals surface area contributed by atoms with Gasteiger partial charge in [-0.2, -0.15) is 0 Å². The second kappa shape index (κ2) is 7.27. The Balaban J connectivity index is 1.89. The maximum absolute atomic E-state index is 12.0. The lowest BCUT2D eigenvalue weighted by molar-refractivity contribution is -0.157. The van der Waals surface area contributed by atoms with Crippen molar-refractivity contribution < 1.29 is 14.3 Å². The van der Waals surface area contributed by atoms with Crippen molar-refractivity contribution in [1.82, 2.24) is 0 Å². The van der Waals surface area contributed by atoms with E-state index in [4.69, 9.17) is 16.3 Å². The molecule has 4 nitrogen and oxygen atoms in total. The first-order valence-corrected chi connectivity index (χ1v) is 7.36. The number of nitrogens with one attached hydrogen (secondary N) is 1. The summed E-state index contributed by atoms with van der Waals surface area (Å²) < 4.78 is 5.24. The topological polar surface area (TPSA) is 55.4 Å². The van der Waals surface area contributed by atoms with Gasteiger partial charge >= 0.3 is 5.97 Å². The van der Waals surface area contributed by atoms with Gasteiger partial charge in [-0.05, 0) is 38.3 Å². The fraction of sp³-hybridized carbons (Fsp3) is 0.375. The molecular formula is C16H18ClNO3. The molecular weight excluding hydrogens is 290 g/mol. The van der Waals surface area contributed by atoms with E-state index in [1.54, 1.807) is 31.2 Å². The lowest BCUT2D eigenvalue weighted by atomic mass is 9.95. The largest absolute Gasteiger partial charge is 0.452 e. The van der Waals surface area contributed by atoms with E-state index in [1.165, 1.54) is 0 Å². The average molecular weight is 308 g/mol. The van der Waals surface area contributed by atoms with Crippen LogP contribution in [0.15, 0.2) is 36.4 Å². The summed E-state index contributed by atoms with van der Waals surface area (Å²) in [6.07, 6.45) is 5.51. The van der Waals surface area contributed by atoms with Crippen LogP contribution < -0.4 is 5.32 Å². The van der Waals surface area contributed by atoms with Crippen molar-refractivity contribution >= 4 is 29.2 Å². The highest BCUT2D eigenvalue weighted by molar-refractivity contribution is 6.33. The summed E-state index contributed by atoms with van der Waals surface area (Å²) in [5.74, 6) is -0.852. The molecule has 0 heterocycles. The molecule has 1 aromatic rings. The van der Waals surface area contributed by atoms with Gasteiger partial charge in [0.2, 0.25) is 0 Å². The van der Waals surface area contributed by atoms with E-state index < -0.39 is 6.10 Å². The van der Waals surface area contributed by atoms with E-state index in [0.717, 1.165) is 12.8 Å². The molecule has 2 rings (SSSR count). The van der Waals surface area contributed by atoms with Crippen LogP contribution in [0.1, 0.15) is 26.2 Å². The van der Waals surface area contributed by atoms with Crippen molar-refractivity contribution in [3.05, 3.63) is 41.4 Å². The van der Waals surface area contributed by atoms with Crippen LogP contribution in [-0.2, 0) is 14.3 Å². The van der Waals surface area contributed by atoms with Crippen LogP contribution in [0.2, 0.25) is 5.02 Å². The van der Waals surface area contributed by atoms with Gasteiger partial charge < -0.3 is 10.1 Å². The zero-order valence-corrected chi connectivity index (χ0v) is 12.6. The Kier molecular flexibility index (Phi) is 5.39. The molecule has 0 aliphatic heterocycles. The zero-order valence-electron chi connectivity index (χ0n) is 11.8. The van der Waals surface area contributed by atoms with Gasteiger partial charge in [-0.15, -0.1) is 0 Å². The van der Waals surface area contributed by atoms with Crippen LogP contribution in [0.4, 0.5) is 5.69 Å². The van der Waals surface area contributed by atoms with Crippen LogP contribution in [0.25, 0.3) is 0 Å². The summed E-state index contributed by atoms with van der Waals surface area (Å²) >= 11 is 5.97. The maximum atomic E-state index is 12.0. The summed E-state index contributed by atoms with van der Waals surface area (Å²) in [5.41, 5.74) is 0.507. The maximum Gasteiger partial charge on any atom is 0.310 e. The van der Waals surface area contributed by atoms with Gasteiger partial charge in [0.05, 0.1) is 16.6 Å². The molecule has 0 saturated carbocycles. The summed E-state index contributed by atoms with van der Waals surface area (Å²) in [5, 5.41) is 3.10. The van der Waals surface area contributed by atoms with E-state index in [1.807, 2.05) is 6.08 Å². The fourth-order valence-corrected chi connectivity index (χ4v) is 2.31. The number of carbonyl (C=O) groups is 2. The van der Waals surface area contributed by atoms with Gasteiger partial charge in [0.1, 0.15) is 0 Å². The molecule has 0 radical (unpaired) electrons. The molecule has 0 spiro atoms. The second-order valence-electron chi connectivity index (χ2n) is 5.03. The predicted molar refractivity (Wildman–Crippen MR) is 82.1 cm³/mol. The van der Waals surface area contributed by atoms with Crippen molar-refractivity contribution in [2.24, 2.45) is 5.92 Å². The van der Waals surface area contributed by atoms with Gasteiger partial charge in [0.15, 0.2) is 6.10 Å². The highest BCUT2D eigenvalue weighted by atomic mass is 35.5. The number of anilines is 1. The first-order chi connectivity index (χ1) is 10.1. The van der Waals surface area contributed by atoms with Crippen molar-refractivity contribution in [1.29, 1.82) is 0 Å². The molecule has 1 aliphatic carbocycles. The smallest absolute Gasteiger partial charge is 0.310 e. The Labute approximate surface area is 129 Å². The van der Waals surface area contributed by atoms with Gasteiger partial charge in [-0.3, -0.25) is 9.59 Å². The SMILES string of the molecule is C[C@@H](OC(=O)[C@H]1CC=CCC1)C(=O)Nc1ccccc1Cl. The van der Waals surface area contributed by atoms with Gasteiger partial charge in [0.25, 0.3) is 5.91 Å². The Morgan fingerprint density at radius 3 is 2.76 bits per heavy atom. The highest BCUT2D eigenvalue weighted by Crippen LogP contribution is 2.22. The monoisotopic (exact) mass is 307 g/mol. The number of hydrogen-bond donors (Lipinski definition) is 1. The third-order valence-corrected chi connectivity index (χ3v) is 3.73. The molecule has 1 aromatic carbocycles. The number of para-hydroxylation sites is 1. The molecule has 1 N–H and O–H groups in total. The van der Waals surface area contributed by atoms with Crippen LogP contribution in [0, 0.1) is 5.92 Å². The molecule has 2 atom stereocenters. The van der Waals surface area contributed by atoms with Crippen molar-refractivity contribution in [2.75, 3.05) is 5.32 Å². The Hall–Kier alpha value is -1.81. The number of ether oxygens (including phenoxy) is 1. The first-order valence-electron chi connectivity index (χ1n) is 6.99. The summed E-state index contributed by atoms with van der Waals surface area (Å²) in [4.78, 5) is 24.0. The Morgan fingerprint density at radius 1 is 1.33 bits per heavy atom.